The van der Waals surface area contributed by atoms with E-state index in [9.17, 15) is 4.39 Å². The molecular formula is C14H13FN2S2. The minimum absolute atomic E-state index is 0.211. The van der Waals surface area contributed by atoms with Crippen LogP contribution in [0, 0.1) is 10.5 Å². The number of benzene rings is 1. The fraction of sp³-hybridized carbons (Fsp3) is 0.286. The summed E-state index contributed by atoms with van der Waals surface area (Å²) in [6, 6.07) is 8.54. The maximum absolute atomic E-state index is 13.1. The molecule has 5 heteroatoms. The highest BCUT2D eigenvalue weighted by molar-refractivity contribution is 7.98. The molecule has 1 aromatic carbocycles. The Morgan fingerprint density at radius 3 is 2.95 bits per heavy atom. The van der Waals surface area contributed by atoms with E-state index < -0.39 is 0 Å². The second-order valence-corrected chi connectivity index (χ2v) is 6.11. The van der Waals surface area contributed by atoms with Crippen LogP contribution >= 0.6 is 24.0 Å². The van der Waals surface area contributed by atoms with E-state index in [4.69, 9.17) is 12.2 Å². The number of H-pyrrole nitrogens is 1. The topological polar surface area (TPSA) is 28.7 Å². The molecule has 98 valence electrons. The largest absolute Gasteiger partial charge is 0.346 e. The lowest BCUT2D eigenvalue weighted by Crippen LogP contribution is -1.97. The van der Waals surface area contributed by atoms with Gasteiger partial charge in [0, 0.05) is 10.6 Å². The molecule has 1 N–H and O–H groups in total. The summed E-state index contributed by atoms with van der Waals surface area (Å²) in [4.78, 5) is 8.57. The Labute approximate surface area is 120 Å². The summed E-state index contributed by atoms with van der Waals surface area (Å²) in [5, 5.41) is 0. The molecule has 1 aromatic heterocycles. The molecular weight excluding hydrogens is 279 g/mol. The van der Waals surface area contributed by atoms with Crippen molar-refractivity contribution in [3.05, 3.63) is 52.3 Å². The molecule has 0 unspecified atom stereocenters. The van der Waals surface area contributed by atoms with Crippen LogP contribution in [-0.2, 0) is 5.75 Å². The summed E-state index contributed by atoms with van der Waals surface area (Å²) in [6.07, 6.45) is 2.46. The average Bonchev–Trinajstić information content (AvgIpc) is 3.20. The van der Waals surface area contributed by atoms with E-state index in [0.29, 0.717) is 16.3 Å². The van der Waals surface area contributed by atoms with E-state index in [2.05, 4.69) is 9.97 Å². The van der Waals surface area contributed by atoms with Crippen LogP contribution in [0.1, 0.15) is 30.3 Å². The van der Waals surface area contributed by atoms with E-state index in [1.807, 2.05) is 12.1 Å². The molecule has 0 radical (unpaired) electrons. The molecule has 0 saturated heterocycles. The predicted molar refractivity (Wildman–Crippen MR) is 77.4 cm³/mol. The smallest absolute Gasteiger partial charge is 0.130 e. The quantitative estimate of drug-likeness (QED) is 0.667. The Hall–Kier alpha value is -1.20. The van der Waals surface area contributed by atoms with E-state index in [1.165, 1.54) is 30.7 Å². The van der Waals surface area contributed by atoms with Gasteiger partial charge in [-0.2, -0.15) is 0 Å². The Balaban J connectivity index is 1.74. The predicted octanol–water partition coefficient (Wildman–Crippen LogP) is 4.45. The number of rotatable bonds is 4. The van der Waals surface area contributed by atoms with Crippen molar-refractivity contribution in [1.29, 1.82) is 0 Å². The van der Waals surface area contributed by atoms with Crippen molar-refractivity contribution in [3.8, 4) is 0 Å². The highest BCUT2D eigenvalue weighted by Gasteiger charge is 2.24. The van der Waals surface area contributed by atoms with Gasteiger partial charge < -0.3 is 4.98 Å². The number of hydrogen-bond acceptors (Lipinski definition) is 3. The summed E-state index contributed by atoms with van der Waals surface area (Å²) >= 11 is 6.74. The van der Waals surface area contributed by atoms with Crippen molar-refractivity contribution < 1.29 is 4.39 Å². The normalized spacial score (nSPS) is 14.6. The maximum atomic E-state index is 13.1. The second kappa shape index (κ2) is 5.43. The number of hydrogen-bond donors (Lipinski definition) is 1. The van der Waals surface area contributed by atoms with Gasteiger partial charge in [-0.25, -0.2) is 9.37 Å². The molecule has 1 heterocycles. The first-order valence-corrected chi connectivity index (χ1v) is 7.58. The Morgan fingerprint density at radius 2 is 2.21 bits per heavy atom. The monoisotopic (exact) mass is 292 g/mol. The minimum atomic E-state index is -0.211. The fourth-order valence-electron chi connectivity index (χ4n) is 1.92. The zero-order valence-electron chi connectivity index (χ0n) is 10.2. The lowest BCUT2D eigenvalue weighted by Gasteiger charge is -2.05. The molecule has 2 nitrogen and oxygen atoms in total. The third-order valence-corrected chi connectivity index (χ3v) is 4.22. The van der Waals surface area contributed by atoms with Crippen LogP contribution in [-0.4, -0.2) is 9.97 Å². The molecule has 0 atom stereocenters. The van der Waals surface area contributed by atoms with E-state index in [1.54, 1.807) is 17.8 Å². The lowest BCUT2D eigenvalue weighted by atomic mass is 10.3. The molecule has 1 fully saturated rings. The summed E-state index contributed by atoms with van der Waals surface area (Å²) in [5.41, 5.74) is 1.19. The van der Waals surface area contributed by atoms with Crippen molar-refractivity contribution in [2.75, 3.05) is 0 Å². The van der Waals surface area contributed by atoms with Crippen LogP contribution in [0.3, 0.4) is 0 Å². The zero-order chi connectivity index (χ0) is 13.2. The summed E-state index contributed by atoms with van der Waals surface area (Å²) < 4.78 is 13.7. The number of nitrogens with zero attached hydrogens (tertiary/aromatic N) is 1. The van der Waals surface area contributed by atoms with Gasteiger partial charge >= 0.3 is 0 Å². The molecule has 19 heavy (non-hydrogen) atoms. The first kappa shape index (κ1) is 12.8. The SMILES string of the molecule is Fc1cccc(SCc2nc(=S)cc(C3CC3)[nH]2)c1. The van der Waals surface area contributed by atoms with E-state index in [0.717, 1.165) is 10.7 Å². The standard InChI is InChI=1S/C14H13FN2S2/c15-10-2-1-3-11(6-10)19-8-13-16-12(9-4-5-9)7-14(18)17-13/h1-3,6-7,9H,4-5,8H2,(H,16,17,18). The maximum Gasteiger partial charge on any atom is 0.130 e. The molecule has 0 aliphatic heterocycles. The number of thioether (sulfide) groups is 1. The second-order valence-electron chi connectivity index (χ2n) is 4.64. The lowest BCUT2D eigenvalue weighted by molar-refractivity contribution is 0.624. The van der Waals surface area contributed by atoms with Crippen LogP contribution in [0.4, 0.5) is 4.39 Å². The first-order chi connectivity index (χ1) is 9.20. The molecule has 1 aliphatic carbocycles. The number of nitrogens with one attached hydrogen (secondary N) is 1. The van der Waals surface area contributed by atoms with Gasteiger partial charge in [0.15, 0.2) is 0 Å². The van der Waals surface area contributed by atoms with E-state index >= 15 is 0 Å². The third kappa shape index (κ3) is 3.42. The first-order valence-electron chi connectivity index (χ1n) is 6.19. The number of aromatic nitrogens is 2. The van der Waals surface area contributed by atoms with Gasteiger partial charge in [-0.15, -0.1) is 11.8 Å². The fourth-order valence-corrected chi connectivity index (χ4v) is 2.97. The summed E-state index contributed by atoms with van der Waals surface area (Å²) in [6.45, 7) is 0. The van der Waals surface area contributed by atoms with E-state index in [-0.39, 0.29) is 5.82 Å². The van der Waals surface area contributed by atoms with Crippen molar-refractivity contribution in [1.82, 2.24) is 9.97 Å². The van der Waals surface area contributed by atoms with Gasteiger partial charge in [-0.3, -0.25) is 0 Å². The zero-order valence-corrected chi connectivity index (χ0v) is 11.9. The van der Waals surface area contributed by atoms with Gasteiger partial charge in [0.2, 0.25) is 0 Å². The third-order valence-electron chi connectivity index (χ3n) is 3.00. The van der Waals surface area contributed by atoms with Crippen LogP contribution in [0.25, 0.3) is 0 Å². The molecule has 0 spiro atoms. The minimum Gasteiger partial charge on any atom is -0.346 e. The summed E-state index contributed by atoms with van der Waals surface area (Å²) in [7, 11) is 0. The van der Waals surface area contributed by atoms with Crippen LogP contribution in [0.2, 0.25) is 0 Å². The molecule has 1 aliphatic rings. The molecule has 2 aromatic rings. The number of aromatic amines is 1. The molecule has 0 bridgehead atoms. The molecule has 3 rings (SSSR count). The highest BCUT2D eigenvalue weighted by atomic mass is 32.2. The summed E-state index contributed by atoms with van der Waals surface area (Å²) in [5.74, 6) is 1.96. The Morgan fingerprint density at radius 1 is 1.37 bits per heavy atom. The average molecular weight is 292 g/mol. The van der Waals surface area contributed by atoms with Crippen molar-refractivity contribution in [2.24, 2.45) is 0 Å². The van der Waals surface area contributed by atoms with Gasteiger partial charge in [0.1, 0.15) is 16.3 Å². The highest BCUT2D eigenvalue weighted by Crippen LogP contribution is 2.39. The van der Waals surface area contributed by atoms with Crippen molar-refractivity contribution >= 4 is 24.0 Å². The Bertz CT molecular complexity index is 650. The van der Waals surface area contributed by atoms with Gasteiger partial charge in [-0.1, -0.05) is 18.3 Å². The Kier molecular flexibility index (Phi) is 3.66. The van der Waals surface area contributed by atoms with Gasteiger partial charge in [-0.05, 0) is 43.0 Å². The van der Waals surface area contributed by atoms with Crippen LogP contribution in [0.15, 0.2) is 35.2 Å². The molecule has 0 amide bonds. The molecule has 1 saturated carbocycles. The van der Waals surface area contributed by atoms with Crippen molar-refractivity contribution in [3.63, 3.8) is 0 Å². The van der Waals surface area contributed by atoms with Gasteiger partial charge in [0.25, 0.3) is 0 Å². The van der Waals surface area contributed by atoms with Crippen LogP contribution < -0.4 is 0 Å². The van der Waals surface area contributed by atoms with Crippen molar-refractivity contribution in [2.45, 2.75) is 29.4 Å². The van der Waals surface area contributed by atoms with Gasteiger partial charge in [0.05, 0.1) is 5.75 Å². The van der Waals surface area contributed by atoms with Crippen LogP contribution in [0.5, 0.6) is 0 Å². The number of halogens is 1.